The SMILES string of the molecule is COCCc1nnc2sc(COc3ccccc3Cl)nn12. The molecule has 3 rings (SSSR count). The van der Waals surface area contributed by atoms with Crippen molar-refractivity contribution in [2.75, 3.05) is 13.7 Å². The second kappa shape index (κ2) is 6.38. The summed E-state index contributed by atoms with van der Waals surface area (Å²) in [5.74, 6) is 1.43. The van der Waals surface area contributed by atoms with Crippen molar-refractivity contribution in [3.05, 3.63) is 40.1 Å². The average molecular weight is 325 g/mol. The summed E-state index contributed by atoms with van der Waals surface area (Å²) >= 11 is 7.49. The van der Waals surface area contributed by atoms with E-state index in [0.717, 1.165) is 15.8 Å². The fraction of sp³-hybridized carbons (Fsp3) is 0.308. The first-order chi connectivity index (χ1) is 10.3. The lowest BCUT2D eigenvalue weighted by Crippen LogP contribution is -2.02. The van der Waals surface area contributed by atoms with Gasteiger partial charge in [0, 0.05) is 13.5 Å². The molecule has 0 amide bonds. The lowest BCUT2D eigenvalue weighted by molar-refractivity contribution is 0.200. The minimum atomic E-state index is 0.349. The van der Waals surface area contributed by atoms with Gasteiger partial charge in [-0.05, 0) is 12.1 Å². The van der Waals surface area contributed by atoms with E-state index in [1.165, 1.54) is 11.3 Å². The van der Waals surface area contributed by atoms with Crippen LogP contribution in [0.5, 0.6) is 5.75 Å². The predicted molar refractivity (Wildman–Crippen MR) is 80.0 cm³/mol. The van der Waals surface area contributed by atoms with Crippen LogP contribution in [0.4, 0.5) is 0 Å². The van der Waals surface area contributed by atoms with Gasteiger partial charge in [-0.25, -0.2) is 0 Å². The molecule has 0 aliphatic rings. The first-order valence-electron chi connectivity index (χ1n) is 6.34. The molecule has 0 atom stereocenters. The number of hydrogen-bond acceptors (Lipinski definition) is 6. The van der Waals surface area contributed by atoms with Gasteiger partial charge in [0.05, 0.1) is 11.6 Å². The molecule has 0 fully saturated rings. The number of ether oxygens (including phenoxy) is 2. The molecule has 1 aromatic carbocycles. The Morgan fingerprint density at radius 1 is 1.29 bits per heavy atom. The molecule has 110 valence electrons. The van der Waals surface area contributed by atoms with E-state index in [9.17, 15) is 0 Å². The number of halogens is 1. The summed E-state index contributed by atoms with van der Waals surface area (Å²) in [6.07, 6.45) is 0.673. The van der Waals surface area contributed by atoms with E-state index in [4.69, 9.17) is 21.1 Å². The summed E-state index contributed by atoms with van der Waals surface area (Å²) in [5, 5.41) is 14.0. The third-order valence-electron chi connectivity index (χ3n) is 2.81. The van der Waals surface area contributed by atoms with Crippen molar-refractivity contribution in [1.82, 2.24) is 19.8 Å². The normalized spacial score (nSPS) is 11.1. The highest BCUT2D eigenvalue weighted by atomic mass is 35.5. The Hall–Kier alpha value is -1.70. The number of hydrogen-bond donors (Lipinski definition) is 0. The maximum absolute atomic E-state index is 6.05. The maximum atomic E-state index is 6.05. The van der Waals surface area contributed by atoms with Gasteiger partial charge in [-0.3, -0.25) is 0 Å². The minimum absolute atomic E-state index is 0.349. The summed E-state index contributed by atoms with van der Waals surface area (Å²) in [6.45, 7) is 0.936. The van der Waals surface area contributed by atoms with Crippen molar-refractivity contribution >= 4 is 27.9 Å². The van der Waals surface area contributed by atoms with Crippen LogP contribution in [-0.2, 0) is 17.8 Å². The molecule has 3 aromatic rings. The van der Waals surface area contributed by atoms with Crippen LogP contribution in [0.15, 0.2) is 24.3 Å². The molecule has 21 heavy (non-hydrogen) atoms. The van der Waals surface area contributed by atoms with Gasteiger partial charge in [-0.2, -0.15) is 9.61 Å². The second-order valence-electron chi connectivity index (χ2n) is 4.27. The number of aromatic nitrogens is 4. The number of para-hydroxylation sites is 1. The van der Waals surface area contributed by atoms with Crippen LogP contribution < -0.4 is 4.74 Å². The molecule has 0 aliphatic carbocycles. The fourth-order valence-electron chi connectivity index (χ4n) is 1.81. The van der Waals surface area contributed by atoms with Gasteiger partial charge in [0.1, 0.15) is 12.4 Å². The van der Waals surface area contributed by atoms with E-state index in [0.29, 0.717) is 30.4 Å². The largest absolute Gasteiger partial charge is 0.485 e. The predicted octanol–water partition coefficient (Wildman–Crippen LogP) is 2.61. The lowest BCUT2D eigenvalue weighted by Gasteiger charge is -2.04. The second-order valence-corrected chi connectivity index (χ2v) is 5.72. The number of benzene rings is 1. The van der Waals surface area contributed by atoms with E-state index in [2.05, 4.69) is 15.3 Å². The van der Waals surface area contributed by atoms with Crippen molar-refractivity contribution in [1.29, 1.82) is 0 Å². The Kier molecular flexibility index (Phi) is 4.33. The lowest BCUT2D eigenvalue weighted by atomic mass is 10.3. The molecule has 8 heteroatoms. The van der Waals surface area contributed by atoms with Gasteiger partial charge in [0.25, 0.3) is 0 Å². The summed E-state index contributed by atoms with van der Waals surface area (Å²) in [5.41, 5.74) is 0. The minimum Gasteiger partial charge on any atom is -0.485 e. The molecular weight excluding hydrogens is 312 g/mol. The van der Waals surface area contributed by atoms with E-state index >= 15 is 0 Å². The van der Waals surface area contributed by atoms with Crippen LogP contribution in [0.2, 0.25) is 5.02 Å². The summed E-state index contributed by atoms with van der Waals surface area (Å²) in [6, 6.07) is 7.36. The van der Waals surface area contributed by atoms with Crippen molar-refractivity contribution in [2.45, 2.75) is 13.0 Å². The van der Waals surface area contributed by atoms with Crippen LogP contribution in [0.25, 0.3) is 4.96 Å². The van der Waals surface area contributed by atoms with Gasteiger partial charge in [0.2, 0.25) is 4.96 Å². The smallest absolute Gasteiger partial charge is 0.234 e. The highest BCUT2D eigenvalue weighted by molar-refractivity contribution is 7.16. The Bertz CT molecular complexity index is 743. The Morgan fingerprint density at radius 2 is 2.14 bits per heavy atom. The van der Waals surface area contributed by atoms with Crippen molar-refractivity contribution in [3.63, 3.8) is 0 Å². The topological polar surface area (TPSA) is 61.5 Å². The Morgan fingerprint density at radius 3 is 2.95 bits per heavy atom. The monoisotopic (exact) mass is 324 g/mol. The molecule has 0 radical (unpaired) electrons. The van der Waals surface area contributed by atoms with Gasteiger partial charge in [-0.15, -0.1) is 10.2 Å². The van der Waals surface area contributed by atoms with Crippen molar-refractivity contribution in [3.8, 4) is 5.75 Å². The van der Waals surface area contributed by atoms with Crippen molar-refractivity contribution in [2.24, 2.45) is 0 Å². The zero-order chi connectivity index (χ0) is 14.7. The number of fused-ring (bicyclic) bond motifs is 1. The zero-order valence-corrected chi connectivity index (χ0v) is 12.9. The number of rotatable bonds is 6. The fourth-order valence-corrected chi connectivity index (χ4v) is 2.76. The van der Waals surface area contributed by atoms with Gasteiger partial charge in [-0.1, -0.05) is 35.1 Å². The van der Waals surface area contributed by atoms with Crippen LogP contribution in [0.1, 0.15) is 10.8 Å². The standard InChI is InChI=1S/C13H13ClN4O2S/c1-19-7-6-11-15-16-13-18(11)17-12(21-13)8-20-10-5-3-2-4-9(10)14/h2-5H,6-8H2,1H3. The summed E-state index contributed by atoms with van der Waals surface area (Å²) < 4.78 is 12.4. The van der Waals surface area contributed by atoms with Gasteiger partial charge in [0.15, 0.2) is 10.8 Å². The highest BCUT2D eigenvalue weighted by Gasteiger charge is 2.12. The molecule has 0 aliphatic heterocycles. The third kappa shape index (κ3) is 3.15. The van der Waals surface area contributed by atoms with Crippen LogP contribution in [0.3, 0.4) is 0 Å². The molecule has 0 N–H and O–H groups in total. The molecule has 6 nitrogen and oxygen atoms in total. The van der Waals surface area contributed by atoms with Crippen LogP contribution >= 0.6 is 22.9 Å². The number of methoxy groups -OCH3 is 1. The first-order valence-corrected chi connectivity index (χ1v) is 7.53. The number of nitrogens with zero attached hydrogens (tertiary/aromatic N) is 4. The average Bonchev–Trinajstić information content (AvgIpc) is 3.05. The summed E-state index contributed by atoms with van der Waals surface area (Å²) in [4.78, 5) is 0.749. The molecule has 0 spiro atoms. The molecule has 0 saturated heterocycles. The first kappa shape index (κ1) is 14.2. The van der Waals surface area contributed by atoms with Gasteiger partial charge < -0.3 is 9.47 Å². The van der Waals surface area contributed by atoms with Crippen LogP contribution in [0, 0.1) is 0 Å². The van der Waals surface area contributed by atoms with Gasteiger partial charge >= 0.3 is 0 Å². The summed E-state index contributed by atoms with van der Waals surface area (Å²) in [7, 11) is 1.65. The molecule has 0 saturated carbocycles. The van der Waals surface area contributed by atoms with E-state index in [1.807, 2.05) is 18.2 Å². The molecule has 2 aromatic heterocycles. The van der Waals surface area contributed by atoms with Crippen molar-refractivity contribution < 1.29 is 9.47 Å². The molecular formula is C13H13ClN4O2S. The Labute approximate surface area is 130 Å². The molecule has 0 unspecified atom stereocenters. The molecule has 0 bridgehead atoms. The Balaban J connectivity index is 1.73. The van der Waals surface area contributed by atoms with Crippen LogP contribution in [-0.4, -0.2) is 33.5 Å². The van der Waals surface area contributed by atoms with E-state index < -0.39 is 0 Å². The third-order valence-corrected chi connectivity index (χ3v) is 4.00. The maximum Gasteiger partial charge on any atom is 0.234 e. The quantitative estimate of drug-likeness (QED) is 0.697. The molecule has 2 heterocycles. The zero-order valence-electron chi connectivity index (χ0n) is 11.3. The highest BCUT2D eigenvalue weighted by Crippen LogP contribution is 2.25. The van der Waals surface area contributed by atoms with E-state index in [-0.39, 0.29) is 0 Å². The van der Waals surface area contributed by atoms with E-state index in [1.54, 1.807) is 17.7 Å².